The van der Waals surface area contributed by atoms with Gasteiger partial charge in [0.15, 0.2) is 0 Å². The Bertz CT molecular complexity index is 553. The number of benzene rings is 1. The molecule has 0 amide bonds. The van der Waals surface area contributed by atoms with Gasteiger partial charge >= 0.3 is 0 Å². The van der Waals surface area contributed by atoms with Crippen LogP contribution >= 0.6 is 0 Å². The van der Waals surface area contributed by atoms with E-state index in [0.29, 0.717) is 6.54 Å². The number of nitrogens with one attached hydrogen (secondary N) is 2. The lowest BCUT2D eigenvalue weighted by atomic mass is 10.1. The van der Waals surface area contributed by atoms with E-state index >= 15 is 0 Å². The fourth-order valence-electron chi connectivity index (χ4n) is 1.82. The molecule has 0 saturated carbocycles. The lowest BCUT2D eigenvalue weighted by Crippen LogP contribution is -2.08. The summed E-state index contributed by atoms with van der Waals surface area (Å²) >= 11 is 0. The third-order valence-corrected chi connectivity index (χ3v) is 2.82. The zero-order valence-corrected chi connectivity index (χ0v) is 11.3. The number of hydrogen-bond donors (Lipinski definition) is 3. The van der Waals surface area contributed by atoms with Crippen molar-refractivity contribution in [2.75, 3.05) is 22.9 Å². The first-order valence-electron chi connectivity index (χ1n) is 6.36. The Labute approximate surface area is 113 Å². The third kappa shape index (κ3) is 3.58. The number of aromatic nitrogens is 2. The molecule has 1 aromatic carbocycles. The van der Waals surface area contributed by atoms with E-state index in [1.165, 1.54) is 11.1 Å². The molecule has 5 nitrogen and oxygen atoms in total. The third-order valence-electron chi connectivity index (χ3n) is 2.82. The quantitative estimate of drug-likeness (QED) is 0.767. The highest BCUT2D eigenvalue weighted by atomic mass is 15.1. The fourth-order valence-corrected chi connectivity index (χ4v) is 1.82. The molecule has 0 aliphatic rings. The van der Waals surface area contributed by atoms with Gasteiger partial charge in [-0.2, -0.15) is 9.97 Å². The Hall–Kier alpha value is -2.30. The van der Waals surface area contributed by atoms with Gasteiger partial charge in [-0.3, -0.25) is 0 Å². The first-order valence-corrected chi connectivity index (χ1v) is 6.36. The van der Waals surface area contributed by atoms with E-state index in [-0.39, 0.29) is 5.95 Å². The summed E-state index contributed by atoms with van der Waals surface area (Å²) in [5.74, 6) is 1.74. The number of nitrogens with zero attached hydrogens (tertiary/aromatic N) is 2. The Balaban J connectivity index is 2.09. The van der Waals surface area contributed by atoms with Gasteiger partial charge in [-0.1, -0.05) is 24.3 Å². The van der Waals surface area contributed by atoms with Gasteiger partial charge in [-0.25, -0.2) is 0 Å². The predicted octanol–water partition coefficient (Wildman–Crippen LogP) is 2.41. The fraction of sp³-hybridized carbons (Fsp3) is 0.286. The van der Waals surface area contributed by atoms with Crippen molar-refractivity contribution in [3.05, 3.63) is 41.5 Å². The van der Waals surface area contributed by atoms with Crippen molar-refractivity contribution >= 4 is 17.6 Å². The second-order valence-corrected chi connectivity index (χ2v) is 4.31. The smallest absolute Gasteiger partial charge is 0.223 e. The first-order chi connectivity index (χ1) is 9.19. The Morgan fingerprint density at radius 3 is 2.47 bits per heavy atom. The number of hydrogen-bond acceptors (Lipinski definition) is 5. The number of nitrogens with two attached hydrogens (primary N) is 1. The Morgan fingerprint density at radius 2 is 1.79 bits per heavy atom. The van der Waals surface area contributed by atoms with Crippen molar-refractivity contribution in [1.82, 2.24) is 9.97 Å². The van der Waals surface area contributed by atoms with Gasteiger partial charge in [0, 0.05) is 19.2 Å². The van der Waals surface area contributed by atoms with Crippen LogP contribution in [0.2, 0.25) is 0 Å². The number of aryl methyl sites for hydroxylation is 1. The monoisotopic (exact) mass is 257 g/mol. The van der Waals surface area contributed by atoms with Crippen LogP contribution in [0.15, 0.2) is 30.3 Å². The van der Waals surface area contributed by atoms with Crippen LogP contribution in [0.3, 0.4) is 0 Å². The summed E-state index contributed by atoms with van der Waals surface area (Å²) in [5.41, 5.74) is 8.18. The van der Waals surface area contributed by atoms with Crippen LogP contribution in [0.5, 0.6) is 0 Å². The van der Waals surface area contributed by atoms with E-state index in [2.05, 4.69) is 39.7 Å². The molecule has 4 N–H and O–H groups in total. The summed E-state index contributed by atoms with van der Waals surface area (Å²) in [7, 11) is 0. The largest absolute Gasteiger partial charge is 0.370 e. The minimum atomic E-state index is 0.269. The highest BCUT2D eigenvalue weighted by molar-refractivity contribution is 5.51. The van der Waals surface area contributed by atoms with Crippen LogP contribution in [0, 0.1) is 6.92 Å². The maximum Gasteiger partial charge on any atom is 0.223 e. The van der Waals surface area contributed by atoms with Gasteiger partial charge < -0.3 is 16.4 Å². The normalized spacial score (nSPS) is 10.2. The molecule has 2 rings (SSSR count). The molecule has 0 aliphatic carbocycles. The maximum atomic E-state index is 5.69. The molecular formula is C14H19N5. The molecule has 0 aliphatic heterocycles. The van der Waals surface area contributed by atoms with Crippen molar-refractivity contribution in [2.24, 2.45) is 0 Å². The molecule has 2 aromatic rings. The van der Waals surface area contributed by atoms with E-state index in [1.807, 2.05) is 25.1 Å². The molecule has 1 heterocycles. The second kappa shape index (κ2) is 6.04. The van der Waals surface area contributed by atoms with Crippen LogP contribution in [0.25, 0.3) is 0 Å². The topological polar surface area (TPSA) is 75.9 Å². The molecule has 0 spiro atoms. The SMILES string of the molecule is CCNc1cc(NCc2ccccc2C)nc(N)n1. The highest BCUT2D eigenvalue weighted by Gasteiger charge is 2.02. The molecule has 0 saturated heterocycles. The number of anilines is 3. The van der Waals surface area contributed by atoms with Gasteiger partial charge in [0.2, 0.25) is 5.95 Å². The predicted molar refractivity (Wildman–Crippen MR) is 79.1 cm³/mol. The molecule has 0 atom stereocenters. The van der Waals surface area contributed by atoms with Crippen LogP contribution in [0.4, 0.5) is 17.6 Å². The van der Waals surface area contributed by atoms with Crippen molar-refractivity contribution in [3.8, 4) is 0 Å². The second-order valence-electron chi connectivity index (χ2n) is 4.31. The highest BCUT2D eigenvalue weighted by Crippen LogP contribution is 2.14. The zero-order valence-electron chi connectivity index (χ0n) is 11.3. The van der Waals surface area contributed by atoms with E-state index in [1.54, 1.807) is 0 Å². The molecule has 0 bridgehead atoms. The van der Waals surface area contributed by atoms with Gasteiger partial charge in [0.1, 0.15) is 11.6 Å². The van der Waals surface area contributed by atoms with Crippen LogP contribution in [-0.4, -0.2) is 16.5 Å². The Kier molecular flexibility index (Phi) is 4.18. The lowest BCUT2D eigenvalue weighted by molar-refractivity contribution is 1.06. The van der Waals surface area contributed by atoms with E-state index < -0.39 is 0 Å². The molecule has 1 aromatic heterocycles. The minimum Gasteiger partial charge on any atom is -0.370 e. The summed E-state index contributed by atoms with van der Waals surface area (Å²) in [6.07, 6.45) is 0. The van der Waals surface area contributed by atoms with Crippen LogP contribution in [-0.2, 0) is 6.54 Å². The summed E-state index contributed by atoms with van der Waals surface area (Å²) < 4.78 is 0. The van der Waals surface area contributed by atoms with Crippen molar-refractivity contribution in [1.29, 1.82) is 0 Å². The summed E-state index contributed by atoms with van der Waals surface area (Å²) in [4.78, 5) is 8.29. The summed E-state index contributed by atoms with van der Waals surface area (Å²) in [5, 5.41) is 6.40. The standard InChI is InChI=1S/C14H19N5/c1-3-16-12-8-13(19-14(15)18-12)17-9-11-7-5-4-6-10(11)2/h4-8H,3,9H2,1-2H3,(H4,15,16,17,18,19). The zero-order chi connectivity index (χ0) is 13.7. The molecular weight excluding hydrogens is 238 g/mol. The van der Waals surface area contributed by atoms with Gasteiger partial charge in [-0.15, -0.1) is 0 Å². The molecule has 0 fully saturated rings. The van der Waals surface area contributed by atoms with E-state index in [0.717, 1.165) is 18.2 Å². The van der Waals surface area contributed by atoms with Crippen molar-refractivity contribution in [3.63, 3.8) is 0 Å². The minimum absolute atomic E-state index is 0.269. The number of rotatable bonds is 5. The average Bonchev–Trinajstić information content (AvgIpc) is 2.37. The molecule has 0 radical (unpaired) electrons. The maximum absolute atomic E-state index is 5.69. The molecule has 19 heavy (non-hydrogen) atoms. The van der Waals surface area contributed by atoms with Crippen LogP contribution < -0.4 is 16.4 Å². The molecule has 5 heteroatoms. The van der Waals surface area contributed by atoms with E-state index in [4.69, 9.17) is 5.73 Å². The van der Waals surface area contributed by atoms with Gasteiger partial charge in [0.25, 0.3) is 0 Å². The van der Waals surface area contributed by atoms with Crippen molar-refractivity contribution < 1.29 is 0 Å². The Morgan fingerprint density at radius 1 is 1.11 bits per heavy atom. The van der Waals surface area contributed by atoms with Gasteiger partial charge in [0.05, 0.1) is 0 Å². The first kappa shape index (κ1) is 13.1. The molecule has 0 unspecified atom stereocenters. The summed E-state index contributed by atoms with van der Waals surface area (Å²) in [6.45, 7) is 5.62. The van der Waals surface area contributed by atoms with Crippen molar-refractivity contribution in [2.45, 2.75) is 20.4 Å². The molecule has 100 valence electrons. The summed E-state index contributed by atoms with van der Waals surface area (Å²) in [6, 6.07) is 10.1. The van der Waals surface area contributed by atoms with E-state index in [9.17, 15) is 0 Å². The van der Waals surface area contributed by atoms with Crippen LogP contribution in [0.1, 0.15) is 18.1 Å². The lowest BCUT2D eigenvalue weighted by Gasteiger charge is -2.10. The average molecular weight is 257 g/mol. The van der Waals surface area contributed by atoms with Gasteiger partial charge in [-0.05, 0) is 25.0 Å². The number of nitrogen functional groups attached to an aromatic ring is 1.